The molecule has 0 saturated carbocycles. The van der Waals surface area contributed by atoms with Crippen LogP contribution in [0.25, 0.3) is 0 Å². The molecule has 0 aromatic rings. The van der Waals surface area contributed by atoms with Gasteiger partial charge in [-0.1, -0.05) is 41.5 Å². The van der Waals surface area contributed by atoms with Crippen molar-refractivity contribution in [3.05, 3.63) is 0 Å². The third kappa shape index (κ3) is 18.4. The number of hydrogen-bond acceptors (Lipinski definition) is 0. The van der Waals surface area contributed by atoms with Gasteiger partial charge in [-0.2, -0.15) is 0 Å². The van der Waals surface area contributed by atoms with Crippen molar-refractivity contribution in [1.29, 1.82) is 0 Å². The van der Waals surface area contributed by atoms with Crippen LogP contribution in [0.3, 0.4) is 0 Å². The molecule has 3 heteroatoms. The van der Waals surface area contributed by atoms with E-state index in [2.05, 4.69) is 50.7 Å². The summed E-state index contributed by atoms with van der Waals surface area (Å²) in [6.07, 6.45) is 0. The van der Waals surface area contributed by atoms with Crippen molar-refractivity contribution in [2.75, 3.05) is 0 Å². The van der Waals surface area contributed by atoms with Crippen molar-refractivity contribution in [3.63, 3.8) is 0 Å². The average molecular weight is 379 g/mol. The van der Waals surface area contributed by atoms with Gasteiger partial charge < -0.3 is 0 Å². The molecule has 0 aromatic heterocycles. The standard InChI is InChI=1S/C8H19P.Au.ClH/c1-7(2,3)9-8(4,5)6;;/h9H,1-6H3;;1H/q;+1;/p-1. The molecule has 0 spiro atoms. The predicted molar refractivity (Wildman–Crippen MR) is 53.7 cm³/mol. The molecule has 0 aliphatic carbocycles. The van der Waals surface area contributed by atoms with Gasteiger partial charge in [0, 0.05) is 0 Å². The Morgan fingerprint density at radius 3 is 1.00 bits per heavy atom. The summed E-state index contributed by atoms with van der Waals surface area (Å²) < 4.78 is 0. The van der Waals surface area contributed by atoms with E-state index >= 15 is 0 Å². The van der Waals surface area contributed by atoms with E-state index in [1.807, 2.05) is 0 Å². The Morgan fingerprint density at radius 2 is 1.00 bits per heavy atom. The number of rotatable bonds is 0. The molecule has 0 fully saturated rings. The van der Waals surface area contributed by atoms with Gasteiger partial charge >= 0.3 is 29.2 Å². The van der Waals surface area contributed by atoms with E-state index in [9.17, 15) is 0 Å². The third-order valence-electron chi connectivity index (χ3n) is 0.750. The van der Waals surface area contributed by atoms with E-state index in [1.54, 1.807) is 20.0 Å². The summed E-state index contributed by atoms with van der Waals surface area (Å²) in [5.41, 5.74) is 0. The fourth-order valence-electron chi connectivity index (χ4n) is 1.12. The van der Waals surface area contributed by atoms with Crippen molar-refractivity contribution >= 4 is 17.8 Å². The molecule has 0 rings (SSSR count). The molecule has 0 atom stereocenters. The van der Waals surface area contributed by atoms with E-state index in [-0.39, 0.29) is 0 Å². The fourth-order valence-corrected chi connectivity index (χ4v) is 3.38. The summed E-state index contributed by atoms with van der Waals surface area (Å²) in [5.74, 6) is 0. The van der Waals surface area contributed by atoms with Gasteiger partial charge in [0.2, 0.25) is 0 Å². The normalized spacial score (nSPS) is 12.1. The van der Waals surface area contributed by atoms with E-state index in [1.165, 1.54) is 0 Å². The Morgan fingerprint density at radius 1 is 0.818 bits per heavy atom. The molecule has 0 N–H and O–H groups in total. The summed E-state index contributed by atoms with van der Waals surface area (Å²) in [6.45, 7) is 13.8. The van der Waals surface area contributed by atoms with E-state index in [0.29, 0.717) is 10.3 Å². The Hall–Kier alpha value is 1.46. The van der Waals surface area contributed by atoms with Crippen molar-refractivity contribution in [1.82, 2.24) is 0 Å². The number of hydrogen-bond donors (Lipinski definition) is 0. The maximum atomic E-state index is 4.58. The molecule has 0 nitrogen and oxygen atoms in total. The summed E-state index contributed by atoms with van der Waals surface area (Å²) in [4.78, 5) is 0. The Balaban J connectivity index is 0. The minimum absolute atomic E-state index is 0.512. The van der Waals surface area contributed by atoms with E-state index in [4.69, 9.17) is 0 Å². The zero-order valence-corrected chi connectivity index (χ0v) is 12.1. The molecular weight excluding hydrogens is 359 g/mol. The zero-order valence-electron chi connectivity index (χ0n) is 8.18. The molecule has 0 heterocycles. The molecule has 0 unspecified atom stereocenters. The molecule has 0 radical (unpaired) electrons. The molecule has 0 aromatic carbocycles. The minimum atomic E-state index is 0.512. The quantitative estimate of drug-likeness (QED) is 0.442. The predicted octanol–water partition coefficient (Wildman–Crippen LogP) is 3.95. The summed E-state index contributed by atoms with van der Waals surface area (Å²) in [7, 11) is 5.63. The summed E-state index contributed by atoms with van der Waals surface area (Å²) in [6, 6.07) is 0. The van der Waals surface area contributed by atoms with E-state index < -0.39 is 0 Å². The van der Waals surface area contributed by atoms with Crippen LogP contribution in [0.2, 0.25) is 0 Å². The van der Waals surface area contributed by atoms with Crippen molar-refractivity contribution in [2.45, 2.75) is 51.9 Å². The van der Waals surface area contributed by atoms with Crippen molar-refractivity contribution in [2.24, 2.45) is 0 Å². The second-order valence-electron chi connectivity index (χ2n) is 4.62. The van der Waals surface area contributed by atoms with Gasteiger partial charge in [-0.05, 0) is 10.3 Å². The maximum absolute atomic E-state index is 4.58. The van der Waals surface area contributed by atoms with Crippen LogP contribution >= 0.6 is 17.8 Å². The van der Waals surface area contributed by atoms with Crippen LogP contribution in [0, 0.1) is 0 Å². The zero-order chi connectivity index (χ0) is 9.71. The van der Waals surface area contributed by atoms with Crippen LogP contribution in [0.1, 0.15) is 41.5 Å². The summed E-state index contributed by atoms with van der Waals surface area (Å²) >= 11 is 1.75. The first-order chi connectivity index (χ1) is 4.71. The SMILES string of the molecule is CC(C)(C)PC(C)(C)C.[Cl][Au]. The number of halogens is 1. The molecule has 0 aliphatic rings. The molecule has 0 aliphatic heterocycles. The van der Waals surface area contributed by atoms with Gasteiger partial charge in [0.15, 0.2) is 0 Å². The molecule has 0 bridgehead atoms. The van der Waals surface area contributed by atoms with Crippen LogP contribution in [0.4, 0.5) is 0 Å². The molecule has 0 amide bonds. The van der Waals surface area contributed by atoms with Gasteiger partial charge in [0.25, 0.3) is 0 Å². The van der Waals surface area contributed by atoms with E-state index in [0.717, 1.165) is 8.58 Å². The first kappa shape index (κ1) is 15.0. The van der Waals surface area contributed by atoms with Crippen molar-refractivity contribution < 1.29 is 20.0 Å². The first-order valence-corrected chi connectivity index (χ1v) is 7.30. The second-order valence-corrected chi connectivity index (χ2v) is 7.88. The molecule has 11 heavy (non-hydrogen) atoms. The van der Waals surface area contributed by atoms with Gasteiger partial charge in [0.05, 0.1) is 0 Å². The Bertz CT molecular complexity index is 79.2. The Labute approximate surface area is 89.4 Å². The molecular formula is C8H19AuClP. The van der Waals surface area contributed by atoms with Crippen LogP contribution in [0.5, 0.6) is 0 Å². The first-order valence-electron chi connectivity index (χ1n) is 3.61. The van der Waals surface area contributed by atoms with Gasteiger partial charge in [0.1, 0.15) is 0 Å². The van der Waals surface area contributed by atoms with Crippen LogP contribution < -0.4 is 0 Å². The van der Waals surface area contributed by atoms with Crippen LogP contribution in [-0.2, 0) is 20.0 Å². The molecule has 74 valence electrons. The fraction of sp³-hybridized carbons (Fsp3) is 1.00. The van der Waals surface area contributed by atoms with Crippen LogP contribution in [-0.4, -0.2) is 10.3 Å². The van der Waals surface area contributed by atoms with Gasteiger partial charge in [-0.3, -0.25) is 0 Å². The second kappa shape index (κ2) is 6.00. The average Bonchev–Trinajstić information content (AvgIpc) is 1.60. The summed E-state index contributed by atoms with van der Waals surface area (Å²) in [5, 5.41) is 1.02. The molecule has 0 saturated heterocycles. The van der Waals surface area contributed by atoms with Crippen LogP contribution in [0.15, 0.2) is 0 Å². The van der Waals surface area contributed by atoms with Gasteiger partial charge in [-0.25, -0.2) is 0 Å². The van der Waals surface area contributed by atoms with Crippen molar-refractivity contribution in [3.8, 4) is 0 Å². The monoisotopic (exact) mass is 378 g/mol. The Kier molecular flexibility index (Phi) is 8.15. The third-order valence-corrected chi connectivity index (χ3v) is 2.25. The van der Waals surface area contributed by atoms with Gasteiger partial charge in [-0.15, -0.1) is 8.58 Å². The topological polar surface area (TPSA) is 0 Å².